The van der Waals surface area contributed by atoms with Crippen LogP contribution < -0.4 is 0 Å². The molecule has 0 unspecified atom stereocenters. The molecule has 0 aromatic heterocycles. The van der Waals surface area contributed by atoms with Crippen LogP contribution in [0.3, 0.4) is 0 Å². The first-order chi connectivity index (χ1) is 7.84. The van der Waals surface area contributed by atoms with Crippen LogP contribution in [0.15, 0.2) is 11.1 Å². The molecule has 3 heteroatoms. The van der Waals surface area contributed by atoms with Crippen molar-refractivity contribution in [1.82, 2.24) is 0 Å². The zero-order chi connectivity index (χ0) is 12.8. The topological polar surface area (TPSA) is 57.5 Å². The van der Waals surface area contributed by atoms with Crippen molar-refractivity contribution in [2.75, 3.05) is 0 Å². The Morgan fingerprint density at radius 1 is 1.35 bits per heavy atom. The molecule has 2 aliphatic rings. The predicted octanol–water partition coefficient (Wildman–Crippen LogP) is 1.82. The summed E-state index contributed by atoms with van der Waals surface area (Å²) in [5, 5.41) is 20.5. The van der Waals surface area contributed by atoms with Gasteiger partial charge in [-0.25, -0.2) is 0 Å². The number of rotatable bonds is 1. The van der Waals surface area contributed by atoms with Gasteiger partial charge < -0.3 is 10.2 Å². The highest BCUT2D eigenvalue weighted by Gasteiger charge is 2.44. The second-order valence-corrected chi connectivity index (χ2v) is 6.01. The molecule has 0 aromatic rings. The molecule has 0 aromatic carbocycles. The summed E-state index contributed by atoms with van der Waals surface area (Å²) in [6.45, 7) is 5.89. The Balaban J connectivity index is 2.45. The van der Waals surface area contributed by atoms with Gasteiger partial charge in [-0.3, -0.25) is 4.79 Å². The number of hydrogen-bond donors (Lipinski definition) is 2. The van der Waals surface area contributed by atoms with Gasteiger partial charge in [0.05, 0.1) is 5.60 Å². The first-order valence-electron chi connectivity index (χ1n) is 6.51. The number of carbonyl (C=O) groups is 1. The molecule has 2 aliphatic carbocycles. The van der Waals surface area contributed by atoms with Gasteiger partial charge in [0.15, 0.2) is 5.78 Å². The fourth-order valence-corrected chi connectivity index (χ4v) is 3.17. The normalized spacial score (nSPS) is 38.6. The van der Waals surface area contributed by atoms with Crippen LogP contribution in [0, 0.1) is 11.8 Å². The molecule has 96 valence electrons. The Morgan fingerprint density at radius 2 is 2.00 bits per heavy atom. The number of hydrogen-bond acceptors (Lipinski definition) is 3. The van der Waals surface area contributed by atoms with E-state index in [9.17, 15) is 15.0 Å². The van der Waals surface area contributed by atoms with E-state index in [1.165, 1.54) is 0 Å². The van der Waals surface area contributed by atoms with E-state index in [0.717, 1.165) is 17.6 Å². The molecule has 3 atom stereocenters. The third kappa shape index (κ3) is 2.06. The smallest absolute Gasteiger partial charge is 0.158 e. The highest BCUT2D eigenvalue weighted by atomic mass is 16.3. The lowest BCUT2D eigenvalue weighted by Gasteiger charge is -2.43. The van der Waals surface area contributed by atoms with Crippen molar-refractivity contribution in [1.29, 1.82) is 0 Å². The lowest BCUT2D eigenvalue weighted by molar-refractivity contribution is -0.118. The van der Waals surface area contributed by atoms with Gasteiger partial charge >= 0.3 is 0 Å². The lowest BCUT2D eigenvalue weighted by atomic mass is 9.66. The number of carbonyl (C=O) groups excluding carboxylic acids is 1. The second kappa shape index (κ2) is 4.21. The average molecular weight is 238 g/mol. The van der Waals surface area contributed by atoms with Crippen LogP contribution in [0.5, 0.6) is 0 Å². The van der Waals surface area contributed by atoms with E-state index < -0.39 is 11.7 Å². The molecule has 0 amide bonds. The number of ketones is 1. The first kappa shape index (κ1) is 12.8. The summed E-state index contributed by atoms with van der Waals surface area (Å²) < 4.78 is 0. The van der Waals surface area contributed by atoms with Gasteiger partial charge in [0, 0.05) is 6.42 Å². The van der Waals surface area contributed by atoms with E-state index >= 15 is 0 Å². The highest BCUT2D eigenvalue weighted by molar-refractivity contribution is 5.97. The Labute approximate surface area is 103 Å². The second-order valence-electron chi connectivity index (χ2n) is 6.01. The van der Waals surface area contributed by atoms with Crippen LogP contribution in [-0.2, 0) is 4.79 Å². The van der Waals surface area contributed by atoms with Crippen molar-refractivity contribution in [3.63, 3.8) is 0 Å². The maximum Gasteiger partial charge on any atom is 0.158 e. The van der Waals surface area contributed by atoms with E-state index in [1.54, 1.807) is 6.92 Å². The zero-order valence-electron chi connectivity index (χ0n) is 10.9. The molecule has 0 saturated carbocycles. The molecule has 0 heterocycles. The highest BCUT2D eigenvalue weighted by Crippen LogP contribution is 2.44. The number of Topliss-reactive ketones (excluding diaryl/α,β-unsaturated/α-hetero) is 1. The first-order valence-corrected chi connectivity index (χ1v) is 6.51. The quantitative estimate of drug-likeness (QED) is 0.732. The SMILES string of the molecule is CC(C)[C@H]1CCC(=O)C2=C1[C@H](O)[C@](C)(O)CC2. The molecule has 0 fully saturated rings. The summed E-state index contributed by atoms with van der Waals surface area (Å²) in [5.41, 5.74) is 0.547. The van der Waals surface area contributed by atoms with E-state index in [0.29, 0.717) is 25.2 Å². The van der Waals surface area contributed by atoms with Gasteiger partial charge in [0.2, 0.25) is 0 Å². The Morgan fingerprint density at radius 3 is 2.59 bits per heavy atom. The molecule has 17 heavy (non-hydrogen) atoms. The predicted molar refractivity (Wildman–Crippen MR) is 65.5 cm³/mol. The fourth-order valence-electron chi connectivity index (χ4n) is 3.17. The van der Waals surface area contributed by atoms with Crippen molar-refractivity contribution in [2.45, 2.75) is 58.2 Å². The van der Waals surface area contributed by atoms with E-state index in [-0.39, 0.29) is 11.7 Å². The van der Waals surface area contributed by atoms with Crippen LogP contribution >= 0.6 is 0 Å². The van der Waals surface area contributed by atoms with Crippen molar-refractivity contribution in [3.8, 4) is 0 Å². The summed E-state index contributed by atoms with van der Waals surface area (Å²) in [7, 11) is 0. The molecule has 0 spiro atoms. The van der Waals surface area contributed by atoms with Crippen LogP contribution in [0.1, 0.15) is 46.5 Å². The standard InChI is InChI=1S/C14H22O3/c1-8(2)9-4-5-11(15)10-6-7-14(3,17)13(16)12(9)10/h8-9,13,16-17H,4-7H2,1-3H3/t9-,13+,14-/m1/s1. The molecule has 2 N–H and O–H groups in total. The summed E-state index contributed by atoms with van der Waals surface area (Å²) in [6.07, 6.45) is 1.62. The lowest BCUT2D eigenvalue weighted by Crippen LogP contribution is -2.48. The summed E-state index contributed by atoms with van der Waals surface area (Å²) in [4.78, 5) is 11.9. The third-order valence-electron chi connectivity index (χ3n) is 4.34. The molecule has 2 rings (SSSR count). The third-order valence-corrected chi connectivity index (χ3v) is 4.34. The minimum absolute atomic E-state index is 0.173. The van der Waals surface area contributed by atoms with Gasteiger partial charge in [-0.1, -0.05) is 13.8 Å². The summed E-state index contributed by atoms with van der Waals surface area (Å²) in [6, 6.07) is 0. The molecule has 0 bridgehead atoms. The van der Waals surface area contributed by atoms with Gasteiger partial charge in [-0.05, 0) is 49.2 Å². The van der Waals surface area contributed by atoms with Crippen molar-refractivity contribution in [3.05, 3.63) is 11.1 Å². The maximum absolute atomic E-state index is 11.9. The van der Waals surface area contributed by atoms with Crippen molar-refractivity contribution in [2.24, 2.45) is 11.8 Å². The van der Waals surface area contributed by atoms with Gasteiger partial charge in [0.25, 0.3) is 0 Å². The van der Waals surface area contributed by atoms with Crippen LogP contribution in [0.2, 0.25) is 0 Å². The minimum atomic E-state index is -1.08. The fraction of sp³-hybridized carbons (Fsp3) is 0.786. The van der Waals surface area contributed by atoms with Crippen LogP contribution in [-0.4, -0.2) is 27.7 Å². The van der Waals surface area contributed by atoms with Crippen LogP contribution in [0.25, 0.3) is 0 Å². The monoisotopic (exact) mass is 238 g/mol. The molecule has 0 radical (unpaired) electrons. The average Bonchev–Trinajstić information content (AvgIpc) is 2.24. The number of aliphatic hydroxyl groups excluding tert-OH is 1. The van der Waals surface area contributed by atoms with E-state index in [2.05, 4.69) is 13.8 Å². The molecular formula is C14H22O3. The molecule has 0 saturated heterocycles. The zero-order valence-corrected chi connectivity index (χ0v) is 10.9. The maximum atomic E-state index is 11.9. The van der Waals surface area contributed by atoms with Gasteiger partial charge in [-0.15, -0.1) is 0 Å². The molecule has 0 aliphatic heterocycles. The Kier molecular flexibility index (Phi) is 3.17. The van der Waals surface area contributed by atoms with Gasteiger partial charge in [0.1, 0.15) is 6.10 Å². The Bertz CT molecular complexity index is 362. The van der Waals surface area contributed by atoms with E-state index in [1.807, 2.05) is 0 Å². The molecule has 3 nitrogen and oxygen atoms in total. The number of aliphatic hydroxyl groups is 2. The van der Waals surface area contributed by atoms with Crippen molar-refractivity contribution < 1.29 is 15.0 Å². The summed E-state index contributed by atoms with van der Waals surface area (Å²) in [5.74, 6) is 0.813. The van der Waals surface area contributed by atoms with Crippen LogP contribution in [0.4, 0.5) is 0 Å². The number of allylic oxidation sites excluding steroid dienone is 1. The van der Waals surface area contributed by atoms with E-state index in [4.69, 9.17) is 0 Å². The largest absolute Gasteiger partial charge is 0.387 e. The van der Waals surface area contributed by atoms with Gasteiger partial charge in [-0.2, -0.15) is 0 Å². The minimum Gasteiger partial charge on any atom is -0.387 e. The summed E-state index contributed by atoms with van der Waals surface area (Å²) >= 11 is 0. The Hall–Kier alpha value is -0.670. The van der Waals surface area contributed by atoms with Crippen molar-refractivity contribution >= 4 is 5.78 Å². The molecular weight excluding hydrogens is 216 g/mol.